The van der Waals surface area contributed by atoms with E-state index in [1.54, 1.807) is 13.0 Å². The van der Waals surface area contributed by atoms with Gasteiger partial charge in [-0.15, -0.1) is 0 Å². The predicted molar refractivity (Wildman–Crippen MR) is 55.4 cm³/mol. The van der Waals surface area contributed by atoms with Crippen molar-refractivity contribution in [1.29, 1.82) is 5.26 Å². The first-order valence-corrected chi connectivity index (χ1v) is 4.60. The van der Waals surface area contributed by atoms with Gasteiger partial charge in [-0.3, -0.25) is 4.79 Å². The number of aryl methyl sites for hydroxylation is 1. The number of rotatable bonds is 3. The summed E-state index contributed by atoms with van der Waals surface area (Å²) in [6.45, 7) is 2.09. The Hall–Kier alpha value is -2.02. The van der Waals surface area contributed by atoms with E-state index in [0.717, 1.165) is 0 Å². The maximum absolute atomic E-state index is 11.5. The van der Waals surface area contributed by atoms with Crippen molar-refractivity contribution in [3.63, 3.8) is 0 Å². The minimum Gasteiger partial charge on any atom is -0.508 e. The lowest BCUT2D eigenvalue weighted by Gasteiger charge is -2.06. The van der Waals surface area contributed by atoms with Crippen molar-refractivity contribution in [1.82, 2.24) is 5.32 Å². The van der Waals surface area contributed by atoms with Crippen molar-refractivity contribution in [3.05, 3.63) is 29.3 Å². The molecule has 1 aromatic rings. The quantitative estimate of drug-likeness (QED) is 0.730. The van der Waals surface area contributed by atoms with Crippen LogP contribution >= 0.6 is 0 Å². The first kappa shape index (κ1) is 11.1. The molecule has 1 amide bonds. The second-order valence-electron chi connectivity index (χ2n) is 3.16. The predicted octanol–water partition coefficient (Wildman–Crippen LogP) is 1.34. The third-order valence-electron chi connectivity index (χ3n) is 1.98. The number of hydrogen-bond acceptors (Lipinski definition) is 3. The van der Waals surface area contributed by atoms with Crippen molar-refractivity contribution in [3.8, 4) is 11.8 Å². The highest BCUT2D eigenvalue weighted by molar-refractivity contribution is 5.95. The third kappa shape index (κ3) is 2.99. The van der Waals surface area contributed by atoms with E-state index in [2.05, 4.69) is 5.32 Å². The summed E-state index contributed by atoms with van der Waals surface area (Å²) in [6, 6.07) is 6.50. The highest BCUT2D eigenvalue weighted by Gasteiger charge is 2.08. The van der Waals surface area contributed by atoms with E-state index < -0.39 is 0 Å². The molecule has 0 bridgehead atoms. The maximum Gasteiger partial charge on any atom is 0.251 e. The molecular formula is C11H12N2O2. The van der Waals surface area contributed by atoms with E-state index in [4.69, 9.17) is 10.4 Å². The fourth-order valence-electron chi connectivity index (χ4n) is 1.23. The molecule has 0 aliphatic carbocycles. The van der Waals surface area contributed by atoms with Crippen molar-refractivity contribution in [2.24, 2.45) is 0 Å². The smallest absolute Gasteiger partial charge is 0.251 e. The number of phenols is 1. The van der Waals surface area contributed by atoms with Gasteiger partial charge >= 0.3 is 0 Å². The summed E-state index contributed by atoms with van der Waals surface area (Å²) in [5.74, 6) is -0.0798. The maximum atomic E-state index is 11.5. The van der Waals surface area contributed by atoms with Crippen LogP contribution in [0.4, 0.5) is 0 Å². The molecule has 1 rings (SSSR count). The first-order chi connectivity index (χ1) is 7.15. The Labute approximate surface area is 88.2 Å². The van der Waals surface area contributed by atoms with E-state index in [-0.39, 0.29) is 11.7 Å². The Kier molecular flexibility index (Phi) is 3.69. The topological polar surface area (TPSA) is 73.1 Å². The lowest BCUT2D eigenvalue weighted by Crippen LogP contribution is -2.24. The summed E-state index contributed by atoms with van der Waals surface area (Å²) >= 11 is 0. The van der Waals surface area contributed by atoms with Crippen LogP contribution in [0.1, 0.15) is 22.3 Å². The van der Waals surface area contributed by atoms with Crippen LogP contribution in [-0.2, 0) is 0 Å². The Morgan fingerprint density at radius 2 is 2.33 bits per heavy atom. The summed E-state index contributed by atoms with van der Waals surface area (Å²) in [5.41, 5.74) is 1.23. The van der Waals surface area contributed by atoms with Gasteiger partial charge in [0.1, 0.15) is 5.75 Å². The zero-order valence-corrected chi connectivity index (χ0v) is 8.45. The molecule has 0 atom stereocenters. The number of hydrogen-bond donors (Lipinski definition) is 2. The Morgan fingerprint density at radius 1 is 1.60 bits per heavy atom. The highest BCUT2D eigenvalue weighted by Crippen LogP contribution is 2.15. The van der Waals surface area contributed by atoms with Crippen molar-refractivity contribution in [2.75, 3.05) is 6.54 Å². The van der Waals surface area contributed by atoms with E-state index in [1.807, 2.05) is 6.07 Å². The molecule has 0 spiro atoms. The molecule has 78 valence electrons. The molecule has 0 saturated heterocycles. The number of benzene rings is 1. The van der Waals surface area contributed by atoms with Crippen LogP contribution < -0.4 is 5.32 Å². The Morgan fingerprint density at radius 3 is 2.93 bits per heavy atom. The van der Waals surface area contributed by atoms with Gasteiger partial charge < -0.3 is 10.4 Å². The van der Waals surface area contributed by atoms with Crippen LogP contribution in [0.3, 0.4) is 0 Å². The molecule has 15 heavy (non-hydrogen) atoms. The van der Waals surface area contributed by atoms with Gasteiger partial charge in [0.15, 0.2) is 0 Å². The van der Waals surface area contributed by atoms with Gasteiger partial charge in [-0.05, 0) is 30.7 Å². The molecule has 1 aromatic carbocycles. The number of carbonyl (C=O) groups is 1. The Balaban J connectivity index is 2.70. The van der Waals surface area contributed by atoms with Crippen molar-refractivity contribution < 1.29 is 9.90 Å². The first-order valence-electron chi connectivity index (χ1n) is 4.60. The molecule has 4 nitrogen and oxygen atoms in total. The van der Waals surface area contributed by atoms with Gasteiger partial charge in [0, 0.05) is 12.1 Å². The second-order valence-corrected chi connectivity index (χ2v) is 3.16. The van der Waals surface area contributed by atoms with E-state index in [9.17, 15) is 4.79 Å². The standard InChI is InChI=1S/C11H12N2O2/c1-8-7-9(14)3-4-10(8)11(15)13-6-2-5-12/h3-4,7,14H,2,6H2,1H3,(H,13,15). The minimum atomic E-state index is -0.220. The number of amides is 1. The minimum absolute atomic E-state index is 0.140. The lowest BCUT2D eigenvalue weighted by atomic mass is 10.1. The van der Waals surface area contributed by atoms with Gasteiger partial charge in [-0.2, -0.15) is 5.26 Å². The second kappa shape index (κ2) is 5.01. The summed E-state index contributed by atoms with van der Waals surface area (Å²) < 4.78 is 0. The lowest BCUT2D eigenvalue weighted by molar-refractivity contribution is 0.0954. The largest absolute Gasteiger partial charge is 0.508 e. The van der Waals surface area contributed by atoms with Gasteiger partial charge in [0.05, 0.1) is 12.5 Å². The fourth-order valence-corrected chi connectivity index (χ4v) is 1.23. The van der Waals surface area contributed by atoms with Crippen LogP contribution in [-0.4, -0.2) is 17.6 Å². The molecule has 0 aliphatic heterocycles. The SMILES string of the molecule is Cc1cc(O)ccc1C(=O)NCCC#N. The number of nitrogens with zero attached hydrogens (tertiary/aromatic N) is 1. The Bertz CT molecular complexity index is 408. The molecule has 0 aromatic heterocycles. The van der Waals surface area contributed by atoms with Crippen molar-refractivity contribution >= 4 is 5.91 Å². The molecule has 4 heteroatoms. The monoisotopic (exact) mass is 204 g/mol. The van der Waals surface area contributed by atoms with Crippen molar-refractivity contribution in [2.45, 2.75) is 13.3 Å². The van der Waals surface area contributed by atoms with E-state index >= 15 is 0 Å². The normalized spacial score (nSPS) is 9.33. The number of carbonyl (C=O) groups excluding carboxylic acids is 1. The number of aromatic hydroxyl groups is 1. The molecule has 0 saturated carbocycles. The molecule has 0 unspecified atom stereocenters. The van der Waals surface area contributed by atoms with Gasteiger partial charge in [-0.25, -0.2) is 0 Å². The highest BCUT2D eigenvalue weighted by atomic mass is 16.3. The van der Waals surface area contributed by atoms with Crippen LogP contribution in [0, 0.1) is 18.3 Å². The zero-order valence-electron chi connectivity index (χ0n) is 8.45. The molecule has 0 heterocycles. The van der Waals surface area contributed by atoms with E-state index in [1.165, 1.54) is 12.1 Å². The average molecular weight is 204 g/mol. The summed E-state index contributed by atoms with van der Waals surface area (Å²) in [5, 5.41) is 20.1. The van der Waals surface area contributed by atoms with Crippen LogP contribution in [0.2, 0.25) is 0 Å². The van der Waals surface area contributed by atoms with E-state index in [0.29, 0.717) is 24.1 Å². The molecule has 0 radical (unpaired) electrons. The number of nitrogens with one attached hydrogen (secondary N) is 1. The van der Waals surface area contributed by atoms with Crippen LogP contribution in [0.25, 0.3) is 0 Å². The average Bonchev–Trinajstić information content (AvgIpc) is 2.17. The number of nitriles is 1. The third-order valence-corrected chi connectivity index (χ3v) is 1.98. The fraction of sp³-hybridized carbons (Fsp3) is 0.273. The molecular weight excluding hydrogens is 192 g/mol. The summed E-state index contributed by atoms with van der Waals surface area (Å²) in [4.78, 5) is 11.5. The summed E-state index contributed by atoms with van der Waals surface area (Å²) in [7, 11) is 0. The zero-order chi connectivity index (χ0) is 11.3. The van der Waals surface area contributed by atoms with Crippen LogP contribution in [0.15, 0.2) is 18.2 Å². The number of phenolic OH excluding ortho intramolecular Hbond substituents is 1. The van der Waals surface area contributed by atoms with Gasteiger partial charge in [-0.1, -0.05) is 0 Å². The molecule has 0 fully saturated rings. The molecule has 0 aliphatic rings. The van der Waals surface area contributed by atoms with Gasteiger partial charge in [0.25, 0.3) is 5.91 Å². The summed E-state index contributed by atoms with van der Waals surface area (Å²) in [6.07, 6.45) is 0.295. The molecule has 2 N–H and O–H groups in total. The van der Waals surface area contributed by atoms with Crippen LogP contribution in [0.5, 0.6) is 5.75 Å². The van der Waals surface area contributed by atoms with Gasteiger partial charge in [0.2, 0.25) is 0 Å².